The summed E-state index contributed by atoms with van der Waals surface area (Å²) in [6.07, 6.45) is 0. The number of rotatable bonds is 6. The van der Waals surface area contributed by atoms with Crippen LogP contribution in [0.5, 0.6) is 5.75 Å². The average Bonchev–Trinajstić information content (AvgIpc) is 2.77. The van der Waals surface area contributed by atoms with Crippen molar-refractivity contribution in [2.75, 3.05) is 39.3 Å². The van der Waals surface area contributed by atoms with Crippen molar-refractivity contribution in [2.45, 2.75) is 12.6 Å². The van der Waals surface area contributed by atoms with Crippen LogP contribution in [0.1, 0.15) is 21.5 Å². The van der Waals surface area contributed by atoms with Gasteiger partial charge in [-0.25, -0.2) is 0 Å². The predicted molar refractivity (Wildman–Crippen MR) is 106 cm³/mol. The lowest BCUT2D eigenvalue weighted by atomic mass is 10.1. The van der Waals surface area contributed by atoms with Gasteiger partial charge in [0.15, 0.2) is 0 Å². The standard InChI is InChI=1S/C22H24N4O2/c23-13-19-5-1-2-7-21(19)28-16-17-4-3-6-18(12-17)22(27)24-14-20-15-25-8-10-26(20)11-9-25/h1-7,12,20H,8-11,14-16H2,(H,24,27). The molecule has 3 aliphatic rings. The van der Waals surface area contributed by atoms with Crippen molar-refractivity contribution < 1.29 is 9.53 Å². The van der Waals surface area contributed by atoms with E-state index in [9.17, 15) is 4.79 Å². The Morgan fingerprint density at radius 2 is 1.96 bits per heavy atom. The lowest BCUT2D eigenvalue weighted by Crippen LogP contribution is -2.63. The van der Waals surface area contributed by atoms with E-state index in [1.807, 2.05) is 36.4 Å². The van der Waals surface area contributed by atoms with E-state index in [2.05, 4.69) is 21.2 Å². The van der Waals surface area contributed by atoms with Gasteiger partial charge in [0, 0.05) is 50.9 Å². The Labute approximate surface area is 165 Å². The average molecular weight is 376 g/mol. The molecule has 5 rings (SSSR count). The first-order chi connectivity index (χ1) is 13.7. The molecule has 6 heteroatoms. The second-order valence-electron chi connectivity index (χ2n) is 7.30. The fourth-order valence-electron chi connectivity index (χ4n) is 3.88. The number of nitrogens with zero attached hydrogens (tertiary/aromatic N) is 3. The molecular formula is C22H24N4O2. The van der Waals surface area contributed by atoms with Gasteiger partial charge in [-0.15, -0.1) is 0 Å². The summed E-state index contributed by atoms with van der Waals surface area (Å²) in [7, 11) is 0. The van der Waals surface area contributed by atoms with E-state index in [1.165, 1.54) is 0 Å². The van der Waals surface area contributed by atoms with Crippen molar-refractivity contribution in [2.24, 2.45) is 0 Å². The molecule has 3 fully saturated rings. The molecule has 6 nitrogen and oxygen atoms in total. The van der Waals surface area contributed by atoms with Crippen LogP contribution in [0.25, 0.3) is 0 Å². The normalized spacial score (nSPS) is 23.0. The summed E-state index contributed by atoms with van der Waals surface area (Å²) in [6, 6.07) is 17.1. The quantitative estimate of drug-likeness (QED) is 0.834. The molecule has 0 spiro atoms. The summed E-state index contributed by atoms with van der Waals surface area (Å²) >= 11 is 0. The number of hydrogen-bond acceptors (Lipinski definition) is 5. The molecule has 0 saturated carbocycles. The number of carbonyl (C=O) groups excluding carboxylic acids is 1. The molecule has 3 aliphatic heterocycles. The van der Waals surface area contributed by atoms with Crippen molar-refractivity contribution in [1.29, 1.82) is 5.26 Å². The Hall–Kier alpha value is -2.88. The van der Waals surface area contributed by atoms with E-state index >= 15 is 0 Å². The van der Waals surface area contributed by atoms with E-state index in [-0.39, 0.29) is 5.91 Å². The van der Waals surface area contributed by atoms with Gasteiger partial charge in [-0.3, -0.25) is 14.6 Å². The van der Waals surface area contributed by atoms with Crippen LogP contribution in [-0.4, -0.2) is 61.0 Å². The molecule has 2 bridgehead atoms. The molecule has 1 N–H and O–H groups in total. The minimum absolute atomic E-state index is 0.0584. The smallest absolute Gasteiger partial charge is 0.251 e. The highest BCUT2D eigenvalue weighted by atomic mass is 16.5. The summed E-state index contributed by atoms with van der Waals surface area (Å²) in [5, 5.41) is 12.2. The zero-order valence-corrected chi connectivity index (χ0v) is 15.8. The van der Waals surface area contributed by atoms with E-state index in [0.717, 1.165) is 38.3 Å². The van der Waals surface area contributed by atoms with Crippen molar-refractivity contribution in [3.05, 3.63) is 65.2 Å². The summed E-state index contributed by atoms with van der Waals surface area (Å²) in [5.74, 6) is 0.494. The maximum atomic E-state index is 12.6. The Bertz CT molecular complexity index is 884. The predicted octanol–water partition coefficient (Wildman–Crippen LogP) is 1.87. The van der Waals surface area contributed by atoms with E-state index < -0.39 is 0 Å². The van der Waals surface area contributed by atoms with E-state index in [0.29, 0.717) is 36.1 Å². The zero-order valence-electron chi connectivity index (χ0n) is 15.8. The van der Waals surface area contributed by atoms with Gasteiger partial charge in [-0.05, 0) is 29.8 Å². The topological polar surface area (TPSA) is 68.6 Å². The van der Waals surface area contributed by atoms with Crippen LogP contribution in [-0.2, 0) is 6.61 Å². The van der Waals surface area contributed by atoms with Gasteiger partial charge in [0.2, 0.25) is 0 Å². The van der Waals surface area contributed by atoms with E-state index in [4.69, 9.17) is 10.00 Å². The highest BCUT2D eigenvalue weighted by molar-refractivity contribution is 5.94. The highest BCUT2D eigenvalue weighted by Gasteiger charge is 2.31. The molecule has 144 valence electrons. The summed E-state index contributed by atoms with van der Waals surface area (Å²) in [5.41, 5.74) is 2.03. The number of benzene rings is 2. The van der Waals surface area contributed by atoms with Gasteiger partial charge in [0.1, 0.15) is 18.4 Å². The molecule has 2 aromatic carbocycles. The van der Waals surface area contributed by atoms with Crippen molar-refractivity contribution in [1.82, 2.24) is 15.1 Å². The van der Waals surface area contributed by atoms with Crippen LogP contribution in [0.2, 0.25) is 0 Å². The second-order valence-corrected chi connectivity index (χ2v) is 7.30. The number of nitriles is 1. The van der Waals surface area contributed by atoms with Crippen LogP contribution >= 0.6 is 0 Å². The fourth-order valence-corrected chi connectivity index (χ4v) is 3.88. The maximum absolute atomic E-state index is 12.6. The summed E-state index contributed by atoms with van der Waals surface area (Å²) in [6.45, 7) is 6.49. The molecule has 0 radical (unpaired) electrons. The largest absolute Gasteiger partial charge is 0.488 e. The van der Waals surface area contributed by atoms with Crippen molar-refractivity contribution in [3.63, 3.8) is 0 Å². The molecule has 2 aromatic rings. The van der Waals surface area contributed by atoms with Gasteiger partial charge in [0.25, 0.3) is 5.91 Å². The third kappa shape index (κ3) is 4.16. The molecular weight excluding hydrogens is 352 g/mol. The Morgan fingerprint density at radius 1 is 1.14 bits per heavy atom. The van der Waals surface area contributed by atoms with Gasteiger partial charge >= 0.3 is 0 Å². The molecule has 3 heterocycles. The first-order valence-electron chi connectivity index (χ1n) is 9.68. The Balaban J connectivity index is 1.34. The van der Waals surface area contributed by atoms with Gasteiger partial charge < -0.3 is 10.1 Å². The zero-order chi connectivity index (χ0) is 19.3. The number of nitrogens with one attached hydrogen (secondary N) is 1. The fraction of sp³-hybridized carbons (Fsp3) is 0.364. The van der Waals surface area contributed by atoms with Crippen LogP contribution in [0.4, 0.5) is 0 Å². The number of carbonyl (C=O) groups is 1. The minimum atomic E-state index is -0.0584. The van der Waals surface area contributed by atoms with Crippen molar-refractivity contribution in [3.8, 4) is 11.8 Å². The Morgan fingerprint density at radius 3 is 2.71 bits per heavy atom. The van der Waals surface area contributed by atoms with Crippen molar-refractivity contribution >= 4 is 5.91 Å². The summed E-state index contributed by atoms with van der Waals surface area (Å²) in [4.78, 5) is 17.5. The number of hydrogen-bond donors (Lipinski definition) is 1. The molecule has 0 aliphatic carbocycles. The van der Waals surface area contributed by atoms with Gasteiger partial charge in [-0.1, -0.05) is 24.3 Å². The van der Waals surface area contributed by atoms with Crippen LogP contribution in [0, 0.1) is 11.3 Å². The molecule has 28 heavy (non-hydrogen) atoms. The molecule has 1 unspecified atom stereocenters. The second kappa shape index (κ2) is 8.42. The number of fused-ring (bicyclic) bond motifs is 3. The summed E-state index contributed by atoms with van der Waals surface area (Å²) < 4.78 is 5.77. The Kier molecular flexibility index (Phi) is 5.56. The molecule has 1 amide bonds. The first-order valence-corrected chi connectivity index (χ1v) is 9.68. The molecule has 0 aromatic heterocycles. The maximum Gasteiger partial charge on any atom is 0.251 e. The van der Waals surface area contributed by atoms with Crippen LogP contribution in [0.3, 0.4) is 0 Å². The third-order valence-corrected chi connectivity index (χ3v) is 5.48. The number of amides is 1. The van der Waals surface area contributed by atoms with Gasteiger partial charge in [0.05, 0.1) is 5.56 Å². The number of piperazine rings is 3. The van der Waals surface area contributed by atoms with Crippen LogP contribution in [0.15, 0.2) is 48.5 Å². The monoisotopic (exact) mass is 376 g/mol. The molecule has 1 atom stereocenters. The highest BCUT2D eigenvalue weighted by Crippen LogP contribution is 2.19. The lowest BCUT2D eigenvalue weighted by molar-refractivity contribution is 0.0138. The lowest BCUT2D eigenvalue weighted by Gasteiger charge is -2.47. The third-order valence-electron chi connectivity index (χ3n) is 5.48. The molecule has 3 saturated heterocycles. The van der Waals surface area contributed by atoms with Crippen LogP contribution < -0.4 is 10.1 Å². The van der Waals surface area contributed by atoms with E-state index in [1.54, 1.807) is 12.1 Å². The first kappa shape index (κ1) is 18.5. The SMILES string of the molecule is N#Cc1ccccc1OCc1cccc(C(=O)NCC2CN3CCN2CC3)c1. The number of para-hydroxylation sites is 1. The minimum Gasteiger partial charge on any atom is -0.488 e. The van der Waals surface area contributed by atoms with Gasteiger partial charge in [-0.2, -0.15) is 5.26 Å². The number of ether oxygens (including phenoxy) is 1.